The lowest BCUT2D eigenvalue weighted by molar-refractivity contribution is 0.590. The number of nitrogens with one attached hydrogen (secondary N) is 1. The zero-order chi connectivity index (χ0) is 21.8. The smallest absolute Gasteiger partial charge is 0.208 e. The summed E-state index contributed by atoms with van der Waals surface area (Å²) in [4.78, 5) is 4.85. The Morgan fingerprint density at radius 3 is 2.52 bits per heavy atom. The van der Waals surface area contributed by atoms with Gasteiger partial charge in [0.05, 0.1) is 17.5 Å². The molecular weight excluding hydrogens is 430 g/mol. The molecule has 0 atom stereocenters. The molecule has 0 unspecified atom stereocenters. The van der Waals surface area contributed by atoms with Crippen LogP contribution in [-0.2, 0) is 16.6 Å². The van der Waals surface area contributed by atoms with Crippen LogP contribution in [0.25, 0.3) is 33.5 Å². The van der Waals surface area contributed by atoms with Crippen molar-refractivity contribution >= 4 is 32.7 Å². The molecule has 0 bridgehead atoms. The first-order valence-corrected chi connectivity index (χ1v) is 12.8. The standard InChI is InChI=1S/C22H23N5O2S2/c1-3-27-21(25-26-22(27)30-14-13-23-31(2,28)29)18-15-20(16-9-5-4-6-10-16)24-19-12-8-7-11-17(18)19/h4-12,15,23H,3,13-14H2,1-2H3. The molecule has 31 heavy (non-hydrogen) atoms. The highest BCUT2D eigenvalue weighted by molar-refractivity contribution is 7.99. The summed E-state index contributed by atoms with van der Waals surface area (Å²) in [6.07, 6.45) is 1.16. The number of rotatable bonds is 8. The van der Waals surface area contributed by atoms with Crippen molar-refractivity contribution in [1.82, 2.24) is 24.5 Å². The molecule has 0 aliphatic heterocycles. The predicted octanol–water partition coefficient (Wildman–Crippen LogP) is 3.82. The van der Waals surface area contributed by atoms with Crippen LogP contribution >= 0.6 is 11.8 Å². The van der Waals surface area contributed by atoms with Gasteiger partial charge in [-0.1, -0.05) is 60.3 Å². The minimum atomic E-state index is -3.20. The van der Waals surface area contributed by atoms with Crippen LogP contribution in [0.1, 0.15) is 6.92 Å². The van der Waals surface area contributed by atoms with Gasteiger partial charge in [0.25, 0.3) is 0 Å². The van der Waals surface area contributed by atoms with Crippen molar-refractivity contribution in [2.24, 2.45) is 0 Å². The lowest BCUT2D eigenvalue weighted by atomic mass is 10.0. The van der Waals surface area contributed by atoms with E-state index in [2.05, 4.69) is 25.6 Å². The fourth-order valence-electron chi connectivity index (χ4n) is 3.37. The number of aromatic nitrogens is 4. The fraction of sp³-hybridized carbons (Fsp3) is 0.227. The van der Waals surface area contributed by atoms with Gasteiger partial charge in [0, 0.05) is 35.4 Å². The number of hydrogen-bond acceptors (Lipinski definition) is 6. The molecule has 0 fully saturated rings. The van der Waals surface area contributed by atoms with Crippen LogP contribution in [0.4, 0.5) is 0 Å². The van der Waals surface area contributed by atoms with Crippen LogP contribution in [0, 0.1) is 0 Å². The van der Waals surface area contributed by atoms with Crippen molar-refractivity contribution in [2.45, 2.75) is 18.6 Å². The molecule has 0 saturated heterocycles. The third-order valence-electron chi connectivity index (χ3n) is 4.76. The van der Waals surface area contributed by atoms with Crippen LogP contribution in [0.15, 0.2) is 65.8 Å². The molecule has 0 aliphatic carbocycles. The molecule has 0 radical (unpaired) electrons. The van der Waals surface area contributed by atoms with E-state index < -0.39 is 10.0 Å². The lowest BCUT2D eigenvalue weighted by Gasteiger charge is -2.12. The van der Waals surface area contributed by atoms with Gasteiger partial charge in [-0.05, 0) is 19.1 Å². The zero-order valence-electron chi connectivity index (χ0n) is 17.3. The number of para-hydroxylation sites is 1. The van der Waals surface area contributed by atoms with Gasteiger partial charge in [-0.25, -0.2) is 18.1 Å². The highest BCUT2D eigenvalue weighted by Crippen LogP contribution is 2.32. The van der Waals surface area contributed by atoms with E-state index in [0.29, 0.717) is 18.8 Å². The van der Waals surface area contributed by atoms with Gasteiger partial charge in [-0.2, -0.15) is 0 Å². The average molecular weight is 454 g/mol. The van der Waals surface area contributed by atoms with Gasteiger partial charge in [-0.15, -0.1) is 10.2 Å². The molecule has 160 valence electrons. The van der Waals surface area contributed by atoms with Gasteiger partial charge in [-0.3, -0.25) is 0 Å². The summed E-state index contributed by atoms with van der Waals surface area (Å²) in [5.41, 5.74) is 3.79. The molecule has 7 nitrogen and oxygen atoms in total. The first-order chi connectivity index (χ1) is 15.0. The molecular formula is C22H23N5O2S2. The maximum Gasteiger partial charge on any atom is 0.208 e. The largest absolute Gasteiger partial charge is 0.302 e. The Hall–Kier alpha value is -2.75. The van der Waals surface area contributed by atoms with Gasteiger partial charge in [0.1, 0.15) is 0 Å². The molecule has 2 aromatic heterocycles. The Morgan fingerprint density at radius 2 is 1.77 bits per heavy atom. The van der Waals surface area contributed by atoms with Crippen molar-refractivity contribution in [3.63, 3.8) is 0 Å². The number of pyridine rings is 1. The number of fused-ring (bicyclic) bond motifs is 1. The second-order valence-corrected chi connectivity index (χ2v) is 9.90. The molecule has 2 aromatic carbocycles. The highest BCUT2D eigenvalue weighted by Gasteiger charge is 2.17. The Balaban J connectivity index is 1.74. The summed E-state index contributed by atoms with van der Waals surface area (Å²) in [5.74, 6) is 1.34. The Bertz CT molecular complexity index is 1300. The molecule has 0 aliphatic rings. The van der Waals surface area contributed by atoms with E-state index in [1.807, 2.05) is 61.5 Å². The molecule has 2 heterocycles. The van der Waals surface area contributed by atoms with E-state index in [1.165, 1.54) is 11.8 Å². The van der Waals surface area contributed by atoms with Crippen molar-refractivity contribution in [2.75, 3.05) is 18.6 Å². The molecule has 0 saturated carbocycles. The highest BCUT2D eigenvalue weighted by atomic mass is 32.2. The van der Waals surface area contributed by atoms with Crippen LogP contribution < -0.4 is 4.72 Å². The molecule has 9 heteroatoms. The van der Waals surface area contributed by atoms with Crippen LogP contribution in [0.2, 0.25) is 0 Å². The third-order valence-corrected chi connectivity index (χ3v) is 6.45. The van der Waals surface area contributed by atoms with E-state index in [9.17, 15) is 8.42 Å². The minimum absolute atomic E-state index is 0.339. The van der Waals surface area contributed by atoms with Crippen molar-refractivity contribution < 1.29 is 8.42 Å². The molecule has 4 aromatic rings. The van der Waals surface area contributed by atoms with E-state index in [0.717, 1.165) is 45.0 Å². The van der Waals surface area contributed by atoms with Crippen LogP contribution in [0.3, 0.4) is 0 Å². The maximum atomic E-state index is 11.3. The molecule has 0 spiro atoms. The average Bonchev–Trinajstić information content (AvgIpc) is 3.18. The third kappa shape index (κ3) is 4.95. The van der Waals surface area contributed by atoms with Gasteiger partial charge >= 0.3 is 0 Å². The number of benzene rings is 2. The maximum absolute atomic E-state index is 11.3. The van der Waals surface area contributed by atoms with Gasteiger partial charge < -0.3 is 4.57 Å². The normalized spacial score (nSPS) is 11.8. The number of hydrogen-bond donors (Lipinski definition) is 1. The Kier molecular flexibility index (Phi) is 6.35. The summed E-state index contributed by atoms with van der Waals surface area (Å²) in [6, 6.07) is 20.2. The summed E-state index contributed by atoms with van der Waals surface area (Å²) < 4.78 is 27.1. The quantitative estimate of drug-likeness (QED) is 0.322. The fourth-order valence-corrected chi connectivity index (χ4v) is 4.83. The molecule has 4 rings (SSSR count). The Morgan fingerprint density at radius 1 is 1.03 bits per heavy atom. The summed E-state index contributed by atoms with van der Waals surface area (Å²) in [5, 5.41) is 10.7. The minimum Gasteiger partial charge on any atom is -0.302 e. The topological polar surface area (TPSA) is 89.8 Å². The van der Waals surface area contributed by atoms with Gasteiger partial charge in [0.15, 0.2) is 11.0 Å². The second-order valence-electron chi connectivity index (χ2n) is 7.00. The van der Waals surface area contributed by atoms with E-state index >= 15 is 0 Å². The molecule has 0 amide bonds. The monoisotopic (exact) mass is 453 g/mol. The zero-order valence-corrected chi connectivity index (χ0v) is 18.9. The predicted molar refractivity (Wildman–Crippen MR) is 125 cm³/mol. The van der Waals surface area contributed by atoms with Crippen LogP contribution in [0.5, 0.6) is 0 Å². The SMILES string of the molecule is CCn1c(SCCNS(C)(=O)=O)nnc1-c1cc(-c2ccccc2)nc2ccccc12. The lowest BCUT2D eigenvalue weighted by Crippen LogP contribution is -2.24. The van der Waals surface area contributed by atoms with E-state index in [-0.39, 0.29) is 0 Å². The second kappa shape index (κ2) is 9.17. The summed E-state index contributed by atoms with van der Waals surface area (Å²) >= 11 is 1.48. The number of sulfonamides is 1. The van der Waals surface area contributed by atoms with Crippen molar-refractivity contribution in [3.05, 3.63) is 60.7 Å². The van der Waals surface area contributed by atoms with Gasteiger partial charge in [0.2, 0.25) is 10.0 Å². The number of nitrogens with zero attached hydrogens (tertiary/aromatic N) is 4. The van der Waals surface area contributed by atoms with E-state index in [1.54, 1.807) is 0 Å². The van der Waals surface area contributed by atoms with E-state index in [4.69, 9.17) is 4.98 Å². The first-order valence-electron chi connectivity index (χ1n) is 9.92. The van der Waals surface area contributed by atoms with Crippen LogP contribution in [-0.4, -0.2) is 46.7 Å². The summed E-state index contributed by atoms with van der Waals surface area (Å²) in [6.45, 7) is 3.08. The Labute approximate surface area is 186 Å². The number of thioether (sulfide) groups is 1. The summed E-state index contributed by atoms with van der Waals surface area (Å²) in [7, 11) is -3.20. The van der Waals surface area contributed by atoms with Crippen molar-refractivity contribution in [1.29, 1.82) is 0 Å². The van der Waals surface area contributed by atoms with Crippen molar-refractivity contribution in [3.8, 4) is 22.6 Å². The first kappa shape index (κ1) is 21.5. The molecule has 1 N–H and O–H groups in total.